The molecule has 5 fully saturated rings. The van der Waals surface area contributed by atoms with Crippen LogP contribution in [0.5, 0.6) is 0 Å². The van der Waals surface area contributed by atoms with E-state index in [0.717, 1.165) is 6.42 Å². The fourth-order valence-electron chi connectivity index (χ4n) is 6.15. The molecule has 1 aliphatic heterocycles. The number of likely N-dealkylation sites (tertiary alicyclic amines) is 1. The predicted octanol–water partition coefficient (Wildman–Crippen LogP) is 1.26. The molecule has 4 saturated carbocycles. The lowest BCUT2D eigenvalue weighted by molar-refractivity contribution is -0.173. The molecule has 26 heavy (non-hydrogen) atoms. The summed E-state index contributed by atoms with van der Waals surface area (Å²) < 4.78 is 13.5. The number of nitrogens with one attached hydrogen (secondary N) is 1. The lowest BCUT2D eigenvalue weighted by Crippen LogP contribution is -2.65. The van der Waals surface area contributed by atoms with Crippen molar-refractivity contribution in [2.75, 3.05) is 13.1 Å². The van der Waals surface area contributed by atoms with Crippen molar-refractivity contribution in [2.45, 2.75) is 67.6 Å². The van der Waals surface area contributed by atoms with Gasteiger partial charge in [0.15, 0.2) is 0 Å². The first-order valence-electron chi connectivity index (χ1n) is 9.19. The molecule has 2 amide bonds. The molecule has 8 heteroatoms. The monoisotopic (exact) mass is 383 g/mol. The van der Waals surface area contributed by atoms with E-state index < -0.39 is 34.0 Å². The molecular formula is C18H23ClFN3O3. The standard InChI is InChI=1S/C18H23ClFN3O3/c19-17-3-11-2-16(8-17,9-18(26,4-11)10-17)15(25)22-6-14(24)23-7-12(20)1-13(23)5-21/h11-13,26H,1-4,6-10H2,(H,22,25)/t11?,12-,13-,16?,17?,18?/m0/s1. The van der Waals surface area contributed by atoms with Crippen molar-refractivity contribution in [1.29, 1.82) is 5.26 Å². The van der Waals surface area contributed by atoms with Gasteiger partial charge in [0, 0.05) is 11.3 Å². The second-order valence-corrected chi connectivity index (χ2v) is 9.67. The molecule has 6 nitrogen and oxygen atoms in total. The molecule has 2 N–H and O–H groups in total. The van der Waals surface area contributed by atoms with Gasteiger partial charge in [0.1, 0.15) is 12.2 Å². The summed E-state index contributed by atoms with van der Waals surface area (Å²) in [6.07, 6.45) is 2.41. The molecule has 6 atom stereocenters. The Balaban J connectivity index is 1.43. The van der Waals surface area contributed by atoms with Crippen LogP contribution in [0.15, 0.2) is 0 Å². The minimum Gasteiger partial charge on any atom is -0.390 e. The van der Waals surface area contributed by atoms with Gasteiger partial charge in [0.05, 0.1) is 30.2 Å². The van der Waals surface area contributed by atoms with E-state index in [1.807, 2.05) is 6.07 Å². The Kier molecular flexibility index (Phi) is 4.02. The Morgan fingerprint density at radius 3 is 2.73 bits per heavy atom. The van der Waals surface area contributed by atoms with E-state index in [1.54, 1.807) is 0 Å². The van der Waals surface area contributed by atoms with Crippen LogP contribution in [0.3, 0.4) is 0 Å². The maximum Gasteiger partial charge on any atom is 0.243 e. The third-order valence-corrected chi connectivity index (χ3v) is 6.99. The summed E-state index contributed by atoms with van der Waals surface area (Å²) in [5, 5.41) is 22.5. The molecule has 1 saturated heterocycles. The van der Waals surface area contributed by atoms with Crippen LogP contribution in [0.1, 0.15) is 44.9 Å². The maximum atomic E-state index is 13.5. The van der Waals surface area contributed by atoms with Crippen molar-refractivity contribution < 1.29 is 19.1 Å². The van der Waals surface area contributed by atoms with Crippen LogP contribution >= 0.6 is 11.6 Å². The number of aliphatic hydroxyl groups is 1. The summed E-state index contributed by atoms with van der Waals surface area (Å²) in [6.45, 7) is -0.367. The van der Waals surface area contributed by atoms with Crippen LogP contribution in [-0.4, -0.2) is 57.6 Å². The predicted molar refractivity (Wildman–Crippen MR) is 90.8 cm³/mol. The van der Waals surface area contributed by atoms with Crippen LogP contribution in [0.2, 0.25) is 0 Å². The Bertz CT molecular complexity index is 678. The van der Waals surface area contributed by atoms with Gasteiger partial charge in [-0.25, -0.2) is 4.39 Å². The van der Waals surface area contributed by atoms with E-state index in [1.165, 1.54) is 4.90 Å². The highest BCUT2D eigenvalue weighted by Crippen LogP contribution is 2.65. The Morgan fingerprint density at radius 2 is 2.08 bits per heavy atom. The van der Waals surface area contributed by atoms with Crippen LogP contribution in [0.4, 0.5) is 4.39 Å². The summed E-state index contributed by atoms with van der Waals surface area (Å²) in [5.41, 5.74) is -1.64. The zero-order chi connectivity index (χ0) is 18.7. The summed E-state index contributed by atoms with van der Waals surface area (Å²) in [4.78, 5) is 25.9. The van der Waals surface area contributed by atoms with Gasteiger partial charge < -0.3 is 15.3 Å². The van der Waals surface area contributed by atoms with Crippen molar-refractivity contribution in [3.8, 4) is 6.07 Å². The number of carbonyl (C=O) groups is 2. The van der Waals surface area contributed by atoms with Gasteiger partial charge in [0.2, 0.25) is 11.8 Å². The van der Waals surface area contributed by atoms with E-state index in [9.17, 15) is 19.1 Å². The summed E-state index contributed by atoms with van der Waals surface area (Å²) in [7, 11) is 0. The zero-order valence-electron chi connectivity index (χ0n) is 14.5. The number of amides is 2. The van der Waals surface area contributed by atoms with Gasteiger partial charge in [-0.3, -0.25) is 9.59 Å². The van der Waals surface area contributed by atoms with Gasteiger partial charge >= 0.3 is 0 Å². The number of alkyl halides is 2. The van der Waals surface area contributed by atoms with Gasteiger partial charge in [-0.2, -0.15) is 5.26 Å². The lowest BCUT2D eigenvalue weighted by Gasteiger charge is -2.62. The van der Waals surface area contributed by atoms with Crippen LogP contribution < -0.4 is 5.32 Å². The third-order valence-electron chi connectivity index (χ3n) is 6.57. The third kappa shape index (κ3) is 2.87. The molecule has 4 unspecified atom stereocenters. The number of hydrogen-bond donors (Lipinski definition) is 2. The van der Waals surface area contributed by atoms with Crippen molar-refractivity contribution in [3.63, 3.8) is 0 Å². The van der Waals surface area contributed by atoms with E-state index in [0.29, 0.717) is 32.1 Å². The molecule has 0 aromatic rings. The Morgan fingerprint density at radius 1 is 1.31 bits per heavy atom. The molecular weight excluding hydrogens is 361 g/mol. The maximum absolute atomic E-state index is 13.5. The highest BCUT2D eigenvalue weighted by atomic mass is 35.5. The molecule has 4 bridgehead atoms. The lowest BCUT2D eigenvalue weighted by atomic mass is 9.47. The molecule has 0 spiro atoms. The average molecular weight is 384 g/mol. The molecule has 5 rings (SSSR count). The molecule has 5 aliphatic rings. The second-order valence-electron chi connectivity index (χ2n) is 8.87. The van der Waals surface area contributed by atoms with Gasteiger partial charge in [-0.1, -0.05) is 0 Å². The smallest absolute Gasteiger partial charge is 0.243 e. The number of nitrogens with zero attached hydrogens (tertiary/aromatic N) is 2. The van der Waals surface area contributed by atoms with Gasteiger partial charge in [-0.05, 0) is 44.4 Å². The van der Waals surface area contributed by atoms with Crippen LogP contribution in [0, 0.1) is 22.7 Å². The van der Waals surface area contributed by atoms with Crippen LogP contribution in [0.25, 0.3) is 0 Å². The Hall–Kier alpha value is -1.39. The normalized spacial score (nSPS) is 46.2. The number of hydrogen-bond acceptors (Lipinski definition) is 4. The van der Waals surface area contributed by atoms with Crippen molar-refractivity contribution in [2.24, 2.45) is 11.3 Å². The first-order valence-corrected chi connectivity index (χ1v) is 9.57. The summed E-state index contributed by atoms with van der Waals surface area (Å²) in [6, 6.07) is 1.16. The van der Waals surface area contributed by atoms with Gasteiger partial charge in [0.25, 0.3) is 0 Å². The average Bonchev–Trinajstić information content (AvgIpc) is 2.89. The molecule has 142 valence electrons. The van der Waals surface area contributed by atoms with E-state index >= 15 is 0 Å². The number of carbonyl (C=O) groups excluding carboxylic acids is 2. The molecule has 0 aromatic carbocycles. The zero-order valence-corrected chi connectivity index (χ0v) is 15.3. The van der Waals surface area contributed by atoms with Crippen molar-refractivity contribution >= 4 is 23.4 Å². The highest BCUT2D eigenvalue weighted by molar-refractivity contribution is 6.24. The SMILES string of the molecule is N#C[C@@H]1C[C@H](F)CN1C(=O)CNC(=O)C12CC3CC(O)(CC(Cl)(C3)C1)C2. The summed E-state index contributed by atoms with van der Waals surface area (Å²) >= 11 is 6.68. The van der Waals surface area contributed by atoms with Crippen molar-refractivity contribution in [1.82, 2.24) is 10.2 Å². The summed E-state index contributed by atoms with van der Waals surface area (Å²) in [5.74, 6) is -0.485. The first-order chi connectivity index (χ1) is 12.2. The number of nitriles is 1. The van der Waals surface area contributed by atoms with E-state index in [4.69, 9.17) is 16.9 Å². The van der Waals surface area contributed by atoms with Crippen molar-refractivity contribution in [3.05, 3.63) is 0 Å². The second kappa shape index (κ2) is 5.80. The quantitative estimate of drug-likeness (QED) is 0.717. The topological polar surface area (TPSA) is 93.4 Å². The minimum atomic E-state index is -1.20. The fourth-order valence-corrected chi connectivity index (χ4v) is 6.87. The Labute approximate surface area is 156 Å². The van der Waals surface area contributed by atoms with Crippen LogP contribution in [-0.2, 0) is 9.59 Å². The fraction of sp³-hybridized carbons (Fsp3) is 0.833. The van der Waals surface area contributed by atoms with E-state index in [2.05, 4.69) is 5.32 Å². The molecule has 0 radical (unpaired) electrons. The largest absolute Gasteiger partial charge is 0.390 e. The molecule has 0 aromatic heterocycles. The number of rotatable bonds is 3. The van der Waals surface area contributed by atoms with E-state index in [-0.39, 0.29) is 31.3 Å². The molecule has 1 heterocycles. The highest BCUT2D eigenvalue weighted by Gasteiger charge is 2.65. The minimum absolute atomic E-state index is 0.0175. The number of halogens is 2. The first kappa shape index (κ1) is 18.0. The molecule has 4 aliphatic carbocycles. The van der Waals surface area contributed by atoms with Gasteiger partial charge in [-0.15, -0.1) is 11.6 Å².